The van der Waals surface area contributed by atoms with Crippen molar-refractivity contribution in [1.29, 1.82) is 0 Å². The van der Waals surface area contributed by atoms with Gasteiger partial charge in [-0.05, 0) is 30.5 Å². The molecule has 0 spiro atoms. The molecule has 1 heterocycles. The standard InChI is InChI=1S/C14H16N2O2S/c1-2-13-15-9-12(19-13)14(18)16-11-5-3-10(4-6-11)7-8-17/h3-6,9,17H,2,7-8H2,1H3,(H,16,18). The van der Waals surface area contributed by atoms with E-state index in [1.807, 2.05) is 31.2 Å². The molecule has 100 valence electrons. The fourth-order valence-corrected chi connectivity index (χ4v) is 2.41. The maximum Gasteiger partial charge on any atom is 0.267 e. The SMILES string of the molecule is CCc1ncc(C(=O)Nc2ccc(CCO)cc2)s1. The highest BCUT2D eigenvalue weighted by molar-refractivity contribution is 7.13. The van der Waals surface area contributed by atoms with Gasteiger partial charge in [-0.2, -0.15) is 0 Å². The number of carbonyl (C=O) groups is 1. The minimum absolute atomic E-state index is 0.131. The van der Waals surface area contributed by atoms with E-state index in [0.717, 1.165) is 22.7 Å². The Bertz CT molecular complexity index is 549. The minimum atomic E-state index is -0.132. The van der Waals surface area contributed by atoms with Gasteiger partial charge in [-0.3, -0.25) is 4.79 Å². The molecule has 0 saturated heterocycles. The van der Waals surface area contributed by atoms with Gasteiger partial charge in [-0.25, -0.2) is 4.98 Å². The molecule has 19 heavy (non-hydrogen) atoms. The summed E-state index contributed by atoms with van der Waals surface area (Å²) in [4.78, 5) is 16.8. The molecule has 1 aromatic heterocycles. The molecule has 2 N–H and O–H groups in total. The summed E-state index contributed by atoms with van der Waals surface area (Å²) in [6.07, 6.45) is 3.08. The van der Waals surface area contributed by atoms with Gasteiger partial charge in [-0.15, -0.1) is 11.3 Å². The van der Waals surface area contributed by atoms with Crippen molar-refractivity contribution in [2.45, 2.75) is 19.8 Å². The van der Waals surface area contributed by atoms with E-state index in [1.54, 1.807) is 6.20 Å². The first-order chi connectivity index (χ1) is 9.22. The number of carbonyl (C=O) groups excluding carboxylic acids is 1. The summed E-state index contributed by atoms with van der Waals surface area (Å²) in [5.74, 6) is -0.132. The monoisotopic (exact) mass is 276 g/mol. The molecular formula is C14H16N2O2S. The van der Waals surface area contributed by atoms with E-state index >= 15 is 0 Å². The lowest BCUT2D eigenvalue weighted by Gasteiger charge is -2.04. The third kappa shape index (κ3) is 3.62. The number of aromatic nitrogens is 1. The number of aryl methyl sites for hydroxylation is 1. The van der Waals surface area contributed by atoms with Gasteiger partial charge in [0, 0.05) is 12.3 Å². The van der Waals surface area contributed by atoms with Gasteiger partial charge < -0.3 is 10.4 Å². The van der Waals surface area contributed by atoms with E-state index in [4.69, 9.17) is 5.11 Å². The fourth-order valence-electron chi connectivity index (χ4n) is 1.66. The van der Waals surface area contributed by atoms with Crippen LogP contribution < -0.4 is 5.32 Å². The minimum Gasteiger partial charge on any atom is -0.396 e. The number of anilines is 1. The van der Waals surface area contributed by atoms with Gasteiger partial charge in [0.2, 0.25) is 0 Å². The van der Waals surface area contributed by atoms with Crippen molar-refractivity contribution >= 4 is 22.9 Å². The molecule has 0 fully saturated rings. The first kappa shape index (κ1) is 13.7. The summed E-state index contributed by atoms with van der Waals surface area (Å²) in [7, 11) is 0. The molecule has 0 saturated carbocycles. The second kappa shape index (κ2) is 6.45. The molecule has 0 atom stereocenters. The zero-order valence-electron chi connectivity index (χ0n) is 10.7. The van der Waals surface area contributed by atoms with Crippen molar-refractivity contribution < 1.29 is 9.90 Å². The number of thiazole rings is 1. The lowest BCUT2D eigenvalue weighted by atomic mass is 10.1. The maximum absolute atomic E-state index is 12.0. The van der Waals surface area contributed by atoms with Gasteiger partial charge >= 0.3 is 0 Å². The van der Waals surface area contributed by atoms with Crippen molar-refractivity contribution in [3.8, 4) is 0 Å². The summed E-state index contributed by atoms with van der Waals surface area (Å²) in [5, 5.41) is 12.6. The summed E-state index contributed by atoms with van der Waals surface area (Å²) in [6.45, 7) is 2.15. The average Bonchev–Trinajstić information content (AvgIpc) is 2.90. The summed E-state index contributed by atoms with van der Waals surface area (Å²) in [5.41, 5.74) is 1.80. The van der Waals surface area contributed by atoms with Crippen LogP contribution in [-0.2, 0) is 12.8 Å². The predicted octanol–water partition coefficient (Wildman–Crippen LogP) is 2.49. The highest BCUT2D eigenvalue weighted by Crippen LogP contribution is 2.16. The van der Waals surface area contributed by atoms with Crippen LogP contribution in [0.5, 0.6) is 0 Å². The Kier molecular flexibility index (Phi) is 4.65. The Morgan fingerprint density at radius 3 is 2.68 bits per heavy atom. The lowest BCUT2D eigenvalue weighted by Crippen LogP contribution is -2.10. The smallest absolute Gasteiger partial charge is 0.267 e. The largest absolute Gasteiger partial charge is 0.396 e. The van der Waals surface area contributed by atoms with Crippen molar-refractivity contribution in [2.75, 3.05) is 11.9 Å². The van der Waals surface area contributed by atoms with Gasteiger partial charge in [0.25, 0.3) is 5.91 Å². The summed E-state index contributed by atoms with van der Waals surface area (Å²) in [6, 6.07) is 7.47. The van der Waals surface area contributed by atoms with Crippen molar-refractivity contribution in [3.05, 3.63) is 45.9 Å². The van der Waals surface area contributed by atoms with Crippen LogP contribution in [0.15, 0.2) is 30.5 Å². The predicted molar refractivity (Wildman–Crippen MR) is 76.7 cm³/mol. The first-order valence-electron chi connectivity index (χ1n) is 6.18. The van der Waals surface area contributed by atoms with E-state index in [1.165, 1.54) is 11.3 Å². The Morgan fingerprint density at radius 1 is 1.37 bits per heavy atom. The Morgan fingerprint density at radius 2 is 2.11 bits per heavy atom. The molecule has 4 nitrogen and oxygen atoms in total. The van der Waals surface area contributed by atoms with E-state index in [2.05, 4.69) is 10.3 Å². The Labute approximate surface area is 116 Å². The molecule has 2 aromatic rings. The normalized spacial score (nSPS) is 10.4. The van der Waals surface area contributed by atoms with Crippen LogP contribution in [0.4, 0.5) is 5.69 Å². The van der Waals surface area contributed by atoms with Gasteiger partial charge in [0.15, 0.2) is 0 Å². The third-order valence-electron chi connectivity index (χ3n) is 2.69. The molecule has 5 heteroatoms. The molecule has 0 aliphatic heterocycles. The van der Waals surface area contributed by atoms with Gasteiger partial charge in [0.1, 0.15) is 4.88 Å². The number of aliphatic hydroxyl groups is 1. The highest BCUT2D eigenvalue weighted by Gasteiger charge is 2.09. The molecule has 1 aromatic carbocycles. The van der Waals surface area contributed by atoms with Crippen LogP contribution in [-0.4, -0.2) is 22.6 Å². The second-order valence-electron chi connectivity index (χ2n) is 4.10. The molecule has 0 aliphatic rings. The number of nitrogens with zero attached hydrogens (tertiary/aromatic N) is 1. The van der Waals surface area contributed by atoms with Gasteiger partial charge in [0.05, 0.1) is 11.2 Å². The third-order valence-corrected chi connectivity index (χ3v) is 3.83. The quantitative estimate of drug-likeness (QED) is 0.882. The van der Waals surface area contributed by atoms with Crippen LogP contribution in [0.1, 0.15) is 27.2 Å². The number of benzene rings is 1. The van der Waals surface area contributed by atoms with E-state index < -0.39 is 0 Å². The van der Waals surface area contributed by atoms with Crippen molar-refractivity contribution in [2.24, 2.45) is 0 Å². The van der Waals surface area contributed by atoms with Crippen LogP contribution in [0.2, 0.25) is 0 Å². The number of hydrogen-bond acceptors (Lipinski definition) is 4. The van der Waals surface area contributed by atoms with E-state index in [0.29, 0.717) is 11.3 Å². The number of nitrogens with one attached hydrogen (secondary N) is 1. The number of aliphatic hydroxyl groups excluding tert-OH is 1. The summed E-state index contributed by atoms with van der Waals surface area (Å²) >= 11 is 1.42. The topological polar surface area (TPSA) is 62.2 Å². The average molecular weight is 276 g/mol. The van der Waals surface area contributed by atoms with Crippen LogP contribution in [0.3, 0.4) is 0 Å². The van der Waals surface area contributed by atoms with E-state index in [-0.39, 0.29) is 12.5 Å². The second-order valence-corrected chi connectivity index (χ2v) is 5.21. The van der Waals surface area contributed by atoms with Gasteiger partial charge in [-0.1, -0.05) is 19.1 Å². The zero-order valence-corrected chi connectivity index (χ0v) is 11.5. The van der Waals surface area contributed by atoms with Crippen LogP contribution in [0, 0.1) is 0 Å². The molecule has 0 bridgehead atoms. The zero-order chi connectivity index (χ0) is 13.7. The van der Waals surface area contributed by atoms with Crippen LogP contribution in [0.25, 0.3) is 0 Å². The molecule has 2 rings (SSSR count). The number of amides is 1. The molecule has 0 unspecified atom stereocenters. The van der Waals surface area contributed by atoms with Crippen molar-refractivity contribution in [3.63, 3.8) is 0 Å². The van der Waals surface area contributed by atoms with Crippen molar-refractivity contribution in [1.82, 2.24) is 4.98 Å². The molecular weight excluding hydrogens is 260 g/mol. The van der Waals surface area contributed by atoms with E-state index in [9.17, 15) is 4.79 Å². The number of hydrogen-bond donors (Lipinski definition) is 2. The Hall–Kier alpha value is -1.72. The maximum atomic E-state index is 12.0. The summed E-state index contributed by atoms with van der Waals surface area (Å²) < 4.78 is 0. The first-order valence-corrected chi connectivity index (χ1v) is 7.00. The molecule has 1 amide bonds. The Balaban J connectivity index is 2.01. The molecule has 0 radical (unpaired) electrons. The molecule has 0 aliphatic carbocycles. The number of rotatable bonds is 5. The fraction of sp³-hybridized carbons (Fsp3) is 0.286. The van der Waals surface area contributed by atoms with Crippen LogP contribution >= 0.6 is 11.3 Å². The lowest BCUT2D eigenvalue weighted by molar-refractivity contribution is 0.103. The highest BCUT2D eigenvalue weighted by atomic mass is 32.1.